The topological polar surface area (TPSA) is 123 Å². The van der Waals surface area contributed by atoms with Crippen LogP contribution in [0.4, 0.5) is 0 Å². The van der Waals surface area contributed by atoms with Crippen LogP contribution in [0.5, 0.6) is 0 Å². The van der Waals surface area contributed by atoms with Gasteiger partial charge in [0.1, 0.15) is 0 Å². The number of hydrogen-bond acceptors (Lipinski definition) is 3. The molecule has 0 amide bonds. The van der Waals surface area contributed by atoms with E-state index in [1.54, 1.807) is 0 Å². The van der Waals surface area contributed by atoms with E-state index in [1.165, 1.54) is 0 Å². The molecule has 0 fully saturated rings. The van der Waals surface area contributed by atoms with Gasteiger partial charge in [0.25, 0.3) is 0 Å². The molecule has 0 saturated carbocycles. The van der Waals surface area contributed by atoms with Crippen LogP contribution in [-0.4, -0.2) is 33.4 Å². The van der Waals surface area contributed by atoms with Crippen molar-refractivity contribution in [1.82, 2.24) is 0 Å². The Morgan fingerprint density at radius 1 is 1.00 bits per heavy atom. The summed E-state index contributed by atoms with van der Waals surface area (Å²) in [6.45, 7) is 0. The molecule has 0 aliphatic carbocycles. The van der Waals surface area contributed by atoms with E-state index in [0.29, 0.717) is 0 Å². The van der Waals surface area contributed by atoms with Crippen molar-refractivity contribution in [3.63, 3.8) is 0 Å². The number of hydrogen-bond donors (Lipinski definition) is 2. The second kappa shape index (κ2) is 6.69. The fourth-order valence-corrected chi connectivity index (χ4v) is 0.0915. The van der Waals surface area contributed by atoms with Gasteiger partial charge in [-0.25, -0.2) is 9.59 Å². The van der Waals surface area contributed by atoms with Crippen LogP contribution in [0.15, 0.2) is 0 Å². The molecule has 0 radical (unpaired) electrons. The number of rotatable bonds is 2. The van der Waals surface area contributed by atoms with Crippen molar-refractivity contribution in [3.05, 3.63) is 0 Å². The molecule has 10 heavy (non-hydrogen) atoms. The van der Waals surface area contributed by atoms with Crippen molar-refractivity contribution < 1.29 is 61.1 Å². The van der Waals surface area contributed by atoms with Crippen LogP contribution in [-0.2, 0) is 14.4 Å². The molecule has 0 rings (SSSR count). The molecule has 54 valence electrons. The van der Waals surface area contributed by atoms with E-state index < -0.39 is 17.7 Å². The Morgan fingerprint density at radius 2 is 1.20 bits per heavy atom. The monoisotopic (exact) mass is 160 g/mol. The largest absolute Gasteiger partial charge is 1.00 e. The average molecular weight is 160 g/mol. The molecule has 0 atom stereocenters. The Bertz CT molecular complexity index is 140. The first-order valence-corrected chi connectivity index (χ1v) is 1.56. The smallest absolute Gasteiger partial charge is 1.00 e. The molecular formula is C3H5NaO6. The van der Waals surface area contributed by atoms with Gasteiger partial charge < -0.3 is 17.1 Å². The maximum atomic E-state index is 9.64. The molecule has 0 aliphatic rings. The quantitative estimate of drug-likeness (QED) is 0.238. The predicted octanol–water partition coefficient (Wildman–Crippen LogP) is -4.98. The summed E-state index contributed by atoms with van der Waals surface area (Å²) in [5.74, 6) is -5.71. The zero-order chi connectivity index (χ0) is 6.73. The predicted molar refractivity (Wildman–Crippen MR) is 25.0 cm³/mol. The molecule has 0 saturated heterocycles. The Balaban J connectivity index is -0.0000000817. The molecule has 0 bridgehead atoms. The molecule has 4 N–H and O–H groups in total. The summed E-state index contributed by atoms with van der Waals surface area (Å²) >= 11 is 0. The van der Waals surface area contributed by atoms with Crippen LogP contribution in [0.3, 0.4) is 0 Å². The Kier molecular flexibility index (Phi) is 10.9. The van der Waals surface area contributed by atoms with E-state index in [-0.39, 0.29) is 36.5 Å². The molecule has 0 aromatic rings. The summed E-state index contributed by atoms with van der Waals surface area (Å²) in [7, 11) is 0. The summed E-state index contributed by atoms with van der Waals surface area (Å²) in [4.78, 5) is 28.5. The molecule has 7 heteroatoms. The summed E-state index contributed by atoms with van der Waals surface area (Å²) in [5, 5.41) is 15.2. The Hall–Kier alpha value is -0.430. The number of carboxylic acid groups (broad SMARTS) is 2. The summed E-state index contributed by atoms with van der Waals surface area (Å²) in [5.41, 5.74) is 0. The van der Waals surface area contributed by atoms with Gasteiger partial charge in [-0.15, -0.1) is 0 Å². The van der Waals surface area contributed by atoms with Gasteiger partial charge in [0.2, 0.25) is 0 Å². The van der Waals surface area contributed by atoms with Crippen LogP contribution >= 0.6 is 0 Å². The number of carbonyl (C=O) groups excluding carboxylic acids is 1. The fraction of sp³-hybridized carbons (Fsp3) is 0. The van der Waals surface area contributed by atoms with Gasteiger partial charge in [-0.1, -0.05) is 0 Å². The third-order valence-electron chi connectivity index (χ3n) is 0.388. The number of carboxylic acids is 2. The maximum absolute atomic E-state index is 9.64. The number of aliphatic carboxylic acids is 2. The summed E-state index contributed by atoms with van der Waals surface area (Å²) in [6.07, 6.45) is 0. The standard InChI is InChI=1S/C3H2O5.Na.H2O.H/c4-1(2(5)6)3(7)8;;;/h(H,5,6)(H,7,8);;1H2;/q;+1;;-1. The molecule has 0 aromatic carbocycles. The fourth-order valence-electron chi connectivity index (χ4n) is 0.0915. The zero-order valence-corrected chi connectivity index (χ0v) is 7.12. The van der Waals surface area contributed by atoms with Gasteiger partial charge in [0.15, 0.2) is 0 Å². The molecule has 0 aromatic heterocycles. The molecule has 0 spiro atoms. The van der Waals surface area contributed by atoms with Crippen molar-refractivity contribution in [2.75, 3.05) is 0 Å². The molecule has 6 nitrogen and oxygen atoms in total. The number of carbonyl (C=O) groups is 3. The van der Waals surface area contributed by atoms with Crippen molar-refractivity contribution >= 4 is 17.7 Å². The van der Waals surface area contributed by atoms with Crippen LogP contribution in [0.2, 0.25) is 0 Å². The van der Waals surface area contributed by atoms with E-state index in [4.69, 9.17) is 10.2 Å². The molecular weight excluding hydrogens is 155 g/mol. The third kappa shape index (κ3) is 5.70. The third-order valence-corrected chi connectivity index (χ3v) is 0.388. The van der Waals surface area contributed by atoms with E-state index >= 15 is 0 Å². The van der Waals surface area contributed by atoms with Crippen LogP contribution in [0.1, 0.15) is 1.43 Å². The van der Waals surface area contributed by atoms with Crippen molar-refractivity contribution in [2.24, 2.45) is 0 Å². The van der Waals surface area contributed by atoms with E-state index in [9.17, 15) is 14.4 Å². The van der Waals surface area contributed by atoms with Gasteiger partial charge in [-0.05, 0) is 0 Å². The van der Waals surface area contributed by atoms with Gasteiger partial charge in [-0.2, -0.15) is 0 Å². The van der Waals surface area contributed by atoms with Crippen molar-refractivity contribution in [1.29, 1.82) is 0 Å². The van der Waals surface area contributed by atoms with Crippen LogP contribution in [0.25, 0.3) is 0 Å². The Morgan fingerprint density at radius 3 is 1.20 bits per heavy atom. The second-order valence-electron chi connectivity index (χ2n) is 0.939. The molecule has 0 unspecified atom stereocenters. The normalized spacial score (nSPS) is 6.40. The maximum Gasteiger partial charge on any atom is 1.00 e. The van der Waals surface area contributed by atoms with E-state index in [1.807, 2.05) is 0 Å². The first-order chi connectivity index (χ1) is 3.55. The molecule has 0 heterocycles. The van der Waals surface area contributed by atoms with Gasteiger partial charge in [0.05, 0.1) is 0 Å². The minimum Gasteiger partial charge on any atom is -1.00 e. The van der Waals surface area contributed by atoms with Crippen molar-refractivity contribution in [3.8, 4) is 0 Å². The van der Waals surface area contributed by atoms with E-state index in [0.717, 1.165) is 0 Å². The first kappa shape index (κ1) is 16.3. The van der Waals surface area contributed by atoms with Gasteiger partial charge >= 0.3 is 47.3 Å². The number of ketones is 1. The minimum atomic E-state index is -1.95. The number of Topliss-reactive ketones (excluding diaryl/α,β-unsaturated/α-hetero) is 1. The summed E-state index contributed by atoms with van der Waals surface area (Å²) < 4.78 is 0. The van der Waals surface area contributed by atoms with Crippen molar-refractivity contribution in [2.45, 2.75) is 0 Å². The zero-order valence-electron chi connectivity index (χ0n) is 6.12. The average Bonchev–Trinajstić information content (AvgIpc) is 1.64. The van der Waals surface area contributed by atoms with E-state index in [2.05, 4.69) is 0 Å². The minimum absolute atomic E-state index is 0. The molecule has 0 aliphatic heterocycles. The second-order valence-corrected chi connectivity index (χ2v) is 0.939. The van der Waals surface area contributed by atoms with Gasteiger partial charge in [-0.3, -0.25) is 4.79 Å². The van der Waals surface area contributed by atoms with Crippen LogP contribution < -0.4 is 29.6 Å². The summed E-state index contributed by atoms with van der Waals surface area (Å²) in [6, 6.07) is 0. The first-order valence-electron chi connectivity index (χ1n) is 1.56. The Labute approximate surface area is 78.9 Å². The van der Waals surface area contributed by atoms with Crippen LogP contribution in [0, 0.1) is 0 Å². The SMILES string of the molecule is O.O=C(O)C(=O)C(=O)O.[H-].[Na+]. The van der Waals surface area contributed by atoms with Gasteiger partial charge in [0, 0.05) is 0 Å².